The number of fused-ring (bicyclic) bond motifs is 1. The third kappa shape index (κ3) is 3.33. The van der Waals surface area contributed by atoms with Gasteiger partial charge < -0.3 is 9.90 Å². The number of hydrogen-bond acceptors (Lipinski definition) is 7. The van der Waals surface area contributed by atoms with Gasteiger partial charge >= 0.3 is 0 Å². The Morgan fingerprint density at radius 2 is 1.39 bits per heavy atom. The lowest BCUT2D eigenvalue weighted by molar-refractivity contribution is -0.384. The second kappa shape index (κ2) is 7.30. The van der Waals surface area contributed by atoms with Gasteiger partial charge in [-0.05, 0) is 29.8 Å². The summed E-state index contributed by atoms with van der Waals surface area (Å²) in [5, 5.41) is 21.8. The number of nitro benzene ring substituents is 1. The monoisotopic (exact) mass is 415 g/mol. The van der Waals surface area contributed by atoms with Crippen LogP contribution in [0, 0.1) is 10.1 Å². The number of carbonyl (C=O) groups is 4. The molecule has 0 radical (unpaired) electrons. The molecule has 152 valence electrons. The Kier molecular flexibility index (Phi) is 4.63. The first-order chi connectivity index (χ1) is 14.8. The van der Waals surface area contributed by atoms with Gasteiger partial charge in [-0.1, -0.05) is 30.3 Å². The predicted octanol–water partition coefficient (Wildman–Crippen LogP) is 1.99. The van der Waals surface area contributed by atoms with E-state index in [9.17, 15) is 34.4 Å². The summed E-state index contributed by atoms with van der Waals surface area (Å²) < 4.78 is 0. The highest BCUT2D eigenvalue weighted by molar-refractivity contribution is 6.35. The molecule has 3 aromatic carbocycles. The number of benzene rings is 3. The Hall–Kier alpha value is -4.66. The summed E-state index contributed by atoms with van der Waals surface area (Å²) in [4.78, 5) is 60.4. The molecule has 0 atom stereocenters. The van der Waals surface area contributed by atoms with Crippen LogP contribution in [0.2, 0.25) is 0 Å². The van der Waals surface area contributed by atoms with Crippen molar-refractivity contribution in [2.24, 2.45) is 0 Å². The van der Waals surface area contributed by atoms with Crippen molar-refractivity contribution in [2.45, 2.75) is 0 Å². The maximum Gasteiger partial charge on any atom is 0.270 e. The van der Waals surface area contributed by atoms with Crippen molar-refractivity contribution in [1.82, 2.24) is 0 Å². The molecule has 0 aliphatic carbocycles. The standard InChI is InChI=1S/C22H12N2O7/c25-19(13-2-1-3-16(10-13)24(30)31)14-6-9-17-18(11-14)21(27)23(20(17)26)15-7-4-12(5-8-15)22(28)29/h1-11H,(H,28,29)/p-1. The van der Waals surface area contributed by atoms with Crippen LogP contribution in [0.25, 0.3) is 0 Å². The molecule has 0 bridgehead atoms. The van der Waals surface area contributed by atoms with E-state index in [4.69, 9.17) is 0 Å². The number of ketones is 1. The number of amides is 2. The molecule has 1 aliphatic rings. The molecule has 0 spiro atoms. The van der Waals surface area contributed by atoms with Crippen molar-refractivity contribution in [3.63, 3.8) is 0 Å². The second-order valence-electron chi connectivity index (χ2n) is 6.68. The predicted molar refractivity (Wildman–Crippen MR) is 105 cm³/mol. The molecule has 0 fully saturated rings. The lowest BCUT2D eigenvalue weighted by atomic mass is 9.99. The number of non-ortho nitro benzene ring substituents is 1. The molecule has 9 heteroatoms. The van der Waals surface area contributed by atoms with E-state index in [1.807, 2.05) is 0 Å². The van der Waals surface area contributed by atoms with Gasteiger partial charge in [-0.3, -0.25) is 24.5 Å². The minimum absolute atomic E-state index is 0.00487. The Labute approximate surface area is 174 Å². The number of carboxylic acid groups (broad SMARTS) is 1. The Bertz CT molecular complexity index is 1300. The van der Waals surface area contributed by atoms with Gasteiger partial charge in [-0.25, -0.2) is 4.90 Å². The summed E-state index contributed by atoms with van der Waals surface area (Å²) in [7, 11) is 0. The summed E-state index contributed by atoms with van der Waals surface area (Å²) in [6.07, 6.45) is 0. The van der Waals surface area contributed by atoms with E-state index in [0.717, 1.165) is 11.0 Å². The summed E-state index contributed by atoms with van der Waals surface area (Å²) in [6.45, 7) is 0. The van der Waals surface area contributed by atoms with E-state index in [1.54, 1.807) is 0 Å². The lowest BCUT2D eigenvalue weighted by Crippen LogP contribution is -2.29. The highest BCUT2D eigenvalue weighted by Gasteiger charge is 2.37. The molecule has 0 N–H and O–H groups in total. The van der Waals surface area contributed by atoms with Gasteiger partial charge in [0, 0.05) is 23.3 Å². The molecular weight excluding hydrogens is 404 g/mol. The smallest absolute Gasteiger partial charge is 0.270 e. The number of hydrogen-bond donors (Lipinski definition) is 0. The van der Waals surface area contributed by atoms with Crippen LogP contribution in [-0.2, 0) is 0 Å². The Morgan fingerprint density at radius 1 is 0.774 bits per heavy atom. The molecule has 31 heavy (non-hydrogen) atoms. The average molecular weight is 415 g/mol. The fourth-order valence-corrected chi connectivity index (χ4v) is 3.29. The number of carbonyl (C=O) groups excluding carboxylic acids is 4. The first kappa shape index (κ1) is 19.6. The van der Waals surface area contributed by atoms with Crippen LogP contribution < -0.4 is 10.0 Å². The Balaban J connectivity index is 1.68. The minimum Gasteiger partial charge on any atom is -0.545 e. The normalized spacial score (nSPS) is 12.6. The largest absolute Gasteiger partial charge is 0.545 e. The number of anilines is 1. The maximum atomic E-state index is 12.9. The molecule has 2 amide bonds. The molecule has 3 aromatic rings. The van der Waals surface area contributed by atoms with Crippen LogP contribution in [0.5, 0.6) is 0 Å². The van der Waals surface area contributed by atoms with Gasteiger partial charge in [0.25, 0.3) is 17.5 Å². The van der Waals surface area contributed by atoms with Gasteiger partial charge in [-0.15, -0.1) is 0 Å². The highest BCUT2D eigenvalue weighted by Crippen LogP contribution is 2.30. The number of nitro groups is 1. The van der Waals surface area contributed by atoms with E-state index in [0.29, 0.717) is 0 Å². The number of rotatable bonds is 5. The van der Waals surface area contributed by atoms with Gasteiger partial charge in [0.05, 0.1) is 27.7 Å². The molecule has 1 heterocycles. The summed E-state index contributed by atoms with van der Waals surface area (Å²) in [6, 6.07) is 14.2. The fraction of sp³-hybridized carbons (Fsp3) is 0. The van der Waals surface area contributed by atoms with Gasteiger partial charge in [0.2, 0.25) is 0 Å². The molecule has 1 aliphatic heterocycles. The zero-order valence-electron chi connectivity index (χ0n) is 15.6. The third-order valence-corrected chi connectivity index (χ3v) is 4.83. The van der Waals surface area contributed by atoms with Crippen molar-refractivity contribution in [3.05, 3.63) is 105 Å². The molecule has 4 rings (SSSR count). The van der Waals surface area contributed by atoms with Gasteiger partial charge in [-0.2, -0.15) is 0 Å². The molecule has 9 nitrogen and oxygen atoms in total. The molecule has 0 unspecified atom stereocenters. The second-order valence-corrected chi connectivity index (χ2v) is 6.68. The molecule has 0 saturated carbocycles. The first-order valence-electron chi connectivity index (χ1n) is 8.91. The zero-order valence-corrected chi connectivity index (χ0v) is 15.6. The summed E-state index contributed by atoms with van der Waals surface area (Å²) in [5.41, 5.74) is 0.0717. The van der Waals surface area contributed by atoms with E-state index < -0.39 is 28.5 Å². The Morgan fingerprint density at radius 3 is 2.03 bits per heavy atom. The van der Waals surface area contributed by atoms with E-state index in [-0.39, 0.29) is 39.2 Å². The van der Waals surface area contributed by atoms with E-state index in [1.165, 1.54) is 60.7 Å². The topological polar surface area (TPSA) is 138 Å². The number of imide groups is 1. The zero-order chi connectivity index (χ0) is 22.3. The maximum absolute atomic E-state index is 12.9. The van der Waals surface area contributed by atoms with Crippen LogP contribution >= 0.6 is 0 Å². The summed E-state index contributed by atoms with van der Waals surface area (Å²) in [5.74, 6) is -3.22. The summed E-state index contributed by atoms with van der Waals surface area (Å²) >= 11 is 0. The van der Waals surface area contributed by atoms with Gasteiger partial charge in [0.1, 0.15) is 0 Å². The van der Waals surface area contributed by atoms with Crippen molar-refractivity contribution in [3.8, 4) is 0 Å². The van der Waals surface area contributed by atoms with Gasteiger partial charge in [0.15, 0.2) is 5.78 Å². The van der Waals surface area contributed by atoms with Crippen LogP contribution in [0.15, 0.2) is 66.7 Å². The van der Waals surface area contributed by atoms with E-state index >= 15 is 0 Å². The van der Waals surface area contributed by atoms with Crippen molar-refractivity contribution in [1.29, 1.82) is 0 Å². The first-order valence-corrected chi connectivity index (χ1v) is 8.91. The lowest BCUT2D eigenvalue weighted by Gasteiger charge is -2.14. The molecule has 0 aromatic heterocycles. The SMILES string of the molecule is O=C([O-])c1ccc(N2C(=O)c3ccc(C(=O)c4cccc([N+](=O)[O-])c4)cc3C2=O)cc1. The number of aromatic carboxylic acids is 1. The highest BCUT2D eigenvalue weighted by atomic mass is 16.6. The van der Waals surface area contributed by atoms with Crippen LogP contribution in [0.4, 0.5) is 11.4 Å². The molecule has 0 saturated heterocycles. The minimum atomic E-state index is -1.39. The fourth-order valence-electron chi connectivity index (χ4n) is 3.29. The quantitative estimate of drug-likeness (QED) is 0.269. The van der Waals surface area contributed by atoms with Crippen molar-refractivity contribution in [2.75, 3.05) is 4.90 Å². The average Bonchev–Trinajstić information content (AvgIpc) is 3.03. The van der Waals surface area contributed by atoms with Crippen molar-refractivity contribution < 1.29 is 29.2 Å². The van der Waals surface area contributed by atoms with E-state index in [2.05, 4.69) is 0 Å². The number of carboxylic acids is 1. The third-order valence-electron chi connectivity index (χ3n) is 4.83. The van der Waals surface area contributed by atoms with Crippen molar-refractivity contribution >= 4 is 34.9 Å². The molecular formula is C22H11N2O7-. The van der Waals surface area contributed by atoms with Crippen LogP contribution in [0.1, 0.15) is 47.0 Å². The van der Waals surface area contributed by atoms with Crippen LogP contribution in [-0.4, -0.2) is 28.5 Å². The number of nitrogens with zero attached hydrogens (tertiary/aromatic N) is 2. The van der Waals surface area contributed by atoms with Crippen LogP contribution in [0.3, 0.4) is 0 Å².